The Labute approximate surface area is 131 Å². The predicted molar refractivity (Wildman–Crippen MR) is 88.2 cm³/mol. The summed E-state index contributed by atoms with van der Waals surface area (Å²) in [6.07, 6.45) is 4.09. The van der Waals surface area contributed by atoms with Gasteiger partial charge in [0.25, 0.3) is 0 Å². The molecule has 116 valence electrons. The molecule has 0 aliphatic heterocycles. The van der Waals surface area contributed by atoms with Gasteiger partial charge in [-0.05, 0) is 38.9 Å². The lowest BCUT2D eigenvalue weighted by Gasteiger charge is -2.16. The molecule has 0 aliphatic carbocycles. The highest BCUT2D eigenvalue weighted by molar-refractivity contribution is 7.10. The molecule has 4 nitrogen and oxygen atoms in total. The summed E-state index contributed by atoms with van der Waals surface area (Å²) in [7, 11) is 1.71. The number of hydrogen-bond acceptors (Lipinski definition) is 4. The van der Waals surface area contributed by atoms with E-state index in [4.69, 9.17) is 4.74 Å². The predicted octanol–water partition coefficient (Wildman–Crippen LogP) is 3.82. The largest absolute Gasteiger partial charge is 0.496 e. The number of nitrogens with one attached hydrogen (secondary N) is 1. The van der Waals surface area contributed by atoms with E-state index in [0.29, 0.717) is 12.1 Å². The molecule has 21 heavy (non-hydrogen) atoms. The lowest BCUT2D eigenvalue weighted by Crippen LogP contribution is -2.23. The number of hydrogen-bond donors (Lipinski definition) is 1. The number of thiophene rings is 1. The Morgan fingerprint density at radius 2 is 2.24 bits per heavy atom. The molecule has 2 aromatic rings. The summed E-state index contributed by atoms with van der Waals surface area (Å²) in [5, 5.41) is 10.3. The van der Waals surface area contributed by atoms with E-state index in [0.717, 1.165) is 30.8 Å². The number of methoxy groups -OCH3 is 1. The highest BCUT2D eigenvalue weighted by atomic mass is 32.1. The summed E-state index contributed by atoms with van der Waals surface area (Å²) >= 11 is 1.74. The zero-order valence-electron chi connectivity index (χ0n) is 13.3. The van der Waals surface area contributed by atoms with Crippen LogP contribution in [0.25, 0.3) is 0 Å². The van der Waals surface area contributed by atoms with E-state index in [2.05, 4.69) is 54.9 Å². The van der Waals surface area contributed by atoms with Crippen molar-refractivity contribution in [3.05, 3.63) is 34.3 Å². The van der Waals surface area contributed by atoms with Crippen molar-refractivity contribution in [3.63, 3.8) is 0 Å². The van der Waals surface area contributed by atoms with Crippen molar-refractivity contribution < 1.29 is 4.74 Å². The van der Waals surface area contributed by atoms with Crippen LogP contribution < -0.4 is 10.1 Å². The standard InChI is InChI=1S/C16H25N3OS/c1-5-7-17-15(16-10-14(20-4)11-21-16)9-13-6-8-19(18-13)12(2)3/h6,8,10-12,15,17H,5,7,9H2,1-4H3. The molecule has 0 bridgehead atoms. The second-order valence-corrected chi connectivity index (χ2v) is 6.42. The van der Waals surface area contributed by atoms with Crippen LogP contribution in [-0.2, 0) is 6.42 Å². The molecule has 0 radical (unpaired) electrons. The Morgan fingerprint density at radius 1 is 1.43 bits per heavy atom. The van der Waals surface area contributed by atoms with Crippen LogP contribution in [0.5, 0.6) is 5.75 Å². The molecule has 5 heteroatoms. The Hall–Kier alpha value is -1.33. The fourth-order valence-electron chi connectivity index (χ4n) is 2.20. The minimum atomic E-state index is 0.300. The van der Waals surface area contributed by atoms with Gasteiger partial charge in [-0.2, -0.15) is 5.10 Å². The molecule has 1 atom stereocenters. The molecule has 2 rings (SSSR count). The summed E-state index contributed by atoms with van der Waals surface area (Å²) in [5.74, 6) is 0.936. The molecule has 0 aromatic carbocycles. The van der Waals surface area contributed by atoms with Gasteiger partial charge in [0.1, 0.15) is 5.75 Å². The quantitative estimate of drug-likeness (QED) is 0.806. The van der Waals surface area contributed by atoms with Gasteiger partial charge in [0.15, 0.2) is 0 Å². The number of ether oxygens (including phenoxy) is 1. The Morgan fingerprint density at radius 3 is 2.81 bits per heavy atom. The van der Waals surface area contributed by atoms with E-state index >= 15 is 0 Å². The van der Waals surface area contributed by atoms with Crippen molar-refractivity contribution in [3.8, 4) is 5.75 Å². The van der Waals surface area contributed by atoms with Crippen molar-refractivity contribution in [2.75, 3.05) is 13.7 Å². The first-order chi connectivity index (χ1) is 10.1. The normalized spacial score (nSPS) is 12.8. The van der Waals surface area contributed by atoms with Gasteiger partial charge < -0.3 is 10.1 Å². The van der Waals surface area contributed by atoms with Gasteiger partial charge in [0.05, 0.1) is 12.8 Å². The van der Waals surface area contributed by atoms with Crippen LogP contribution in [0.15, 0.2) is 23.7 Å². The maximum Gasteiger partial charge on any atom is 0.129 e. The van der Waals surface area contributed by atoms with E-state index < -0.39 is 0 Å². The van der Waals surface area contributed by atoms with Crippen LogP contribution in [0.1, 0.15) is 49.8 Å². The third-order valence-electron chi connectivity index (χ3n) is 3.42. The van der Waals surface area contributed by atoms with Crippen LogP contribution in [-0.4, -0.2) is 23.4 Å². The second-order valence-electron chi connectivity index (χ2n) is 5.48. The van der Waals surface area contributed by atoms with Gasteiger partial charge >= 0.3 is 0 Å². The highest BCUT2D eigenvalue weighted by Crippen LogP contribution is 2.28. The summed E-state index contributed by atoms with van der Waals surface area (Å²) in [4.78, 5) is 1.30. The Balaban J connectivity index is 2.11. The van der Waals surface area contributed by atoms with Crippen LogP contribution in [0, 0.1) is 0 Å². The van der Waals surface area contributed by atoms with E-state index in [9.17, 15) is 0 Å². The Kier molecular flexibility index (Phi) is 5.82. The summed E-state index contributed by atoms with van der Waals surface area (Å²) in [6.45, 7) is 7.49. The van der Waals surface area contributed by atoms with Gasteiger partial charge in [-0.1, -0.05) is 6.92 Å². The molecule has 0 aliphatic rings. The van der Waals surface area contributed by atoms with Crippen molar-refractivity contribution >= 4 is 11.3 Å². The van der Waals surface area contributed by atoms with Gasteiger partial charge in [0.2, 0.25) is 0 Å². The van der Waals surface area contributed by atoms with Crippen molar-refractivity contribution in [1.82, 2.24) is 15.1 Å². The van der Waals surface area contributed by atoms with E-state index in [1.54, 1.807) is 18.4 Å². The lowest BCUT2D eigenvalue weighted by atomic mass is 10.1. The number of aromatic nitrogens is 2. The first-order valence-corrected chi connectivity index (χ1v) is 8.41. The maximum atomic E-state index is 5.30. The molecule has 2 aromatic heterocycles. The average Bonchev–Trinajstić information content (AvgIpc) is 3.12. The fraction of sp³-hybridized carbons (Fsp3) is 0.562. The SMILES string of the molecule is CCCNC(Cc1ccn(C(C)C)n1)c1cc(OC)cs1. The summed E-state index contributed by atoms with van der Waals surface area (Å²) < 4.78 is 7.31. The van der Waals surface area contributed by atoms with Crippen molar-refractivity contribution in [2.24, 2.45) is 0 Å². The van der Waals surface area contributed by atoms with Gasteiger partial charge in [-0.15, -0.1) is 11.3 Å². The lowest BCUT2D eigenvalue weighted by molar-refractivity contribution is 0.415. The molecular weight excluding hydrogens is 282 g/mol. The van der Waals surface area contributed by atoms with Crippen LogP contribution in [0.2, 0.25) is 0 Å². The van der Waals surface area contributed by atoms with Gasteiger partial charge in [-0.3, -0.25) is 4.68 Å². The molecule has 2 heterocycles. The molecular formula is C16H25N3OS. The molecule has 1 unspecified atom stereocenters. The molecule has 0 spiro atoms. The van der Waals surface area contributed by atoms with E-state index in [-0.39, 0.29) is 0 Å². The topological polar surface area (TPSA) is 39.1 Å². The monoisotopic (exact) mass is 307 g/mol. The van der Waals surface area contributed by atoms with Crippen LogP contribution >= 0.6 is 11.3 Å². The minimum Gasteiger partial charge on any atom is -0.496 e. The summed E-state index contributed by atoms with van der Waals surface area (Å²) in [6, 6.07) is 4.94. The molecule has 0 saturated carbocycles. The molecule has 0 fully saturated rings. The highest BCUT2D eigenvalue weighted by Gasteiger charge is 2.16. The number of nitrogens with zero attached hydrogens (tertiary/aromatic N) is 2. The molecule has 0 amide bonds. The zero-order chi connectivity index (χ0) is 15.2. The maximum absolute atomic E-state index is 5.30. The van der Waals surface area contributed by atoms with E-state index in [1.165, 1.54) is 4.88 Å². The van der Waals surface area contributed by atoms with Crippen LogP contribution in [0.3, 0.4) is 0 Å². The smallest absolute Gasteiger partial charge is 0.129 e. The van der Waals surface area contributed by atoms with Crippen molar-refractivity contribution in [2.45, 2.75) is 45.7 Å². The first-order valence-electron chi connectivity index (χ1n) is 7.53. The van der Waals surface area contributed by atoms with Crippen molar-refractivity contribution in [1.29, 1.82) is 0 Å². The number of rotatable bonds is 8. The zero-order valence-corrected chi connectivity index (χ0v) is 14.1. The van der Waals surface area contributed by atoms with Gasteiger partial charge in [-0.25, -0.2) is 0 Å². The van der Waals surface area contributed by atoms with Gasteiger partial charge in [0, 0.05) is 35.0 Å². The third kappa shape index (κ3) is 4.32. The molecule has 1 N–H and O–H groups in total. The fourth-order valence-corrected chi connectivity index (χ4v) is 3.13. The average molecular weight is 307 g/mol. The summed E-state index contributed by atoms with van der Waals surface area (Å²) in [5.41, 5.74) is 1.13. The van der Waals surface area contributed by atoms with Crippen LogP contribution in [0.4, 0.5) is 0 Å². The van der Waals surface area contributed by atoms with E-state index in [1.807, 2.05) is 4.68 Å². The second kappa shape index (κ2) is 7.61. The molecule has 0 saturated heterocycles. The minimum absolute atomic E-state index is 0.300. The first kappa shape index (κ1) is 16.0. The third-order valence-corrected chi connectivity index (χ3v) is 4.45. The Bertz CT molecular complexity index is 547.